The average molecular weight is 326 g/mol. The SMILES string of the molecule is CC1(C)OCC(CNC2CCc3c(Br)cccc32)O1. The van der Waals surface area contributed by atoms with Crippen LogP contribution in [0.25, 0.3) is 0 Å². The Hall–Kier alpha value is -0.420. The molecule has 2 unspecified atom stereocenters. The molecule has 0 spiro atoms. The second-order valence-corrected chi connectivity index (χ2v) is 6.61. The number of nitrogens with one attached hydrogen (secondary N) is 1. The van der Waals surface area contributed by atoms with E-state index in [0.29, 0.717) is 12.6 Å². The molecule has 2 aliphatic rings. The van der Waals surface area contributed by atoms with Crippen molar-refractivity contribution in [3.8, 4) is 0 Å². The Morgan fingerprint density at radius 1 is 1.42 bits per heavy atom. The molecule has 4 heteroatoms. The first kappa shape index (κ1) is 13.6. The fourth-order valence-corrected chi connectivity index (χ4v) is 3.54. The molecule has 104 valence electrons. The van der Waals surface area contributed by atoms with Crippen molar-refractivity contribution in [1.82, 2.24) is 5.32 Å². The van der Waals surface area contributed by atoms with E-state index in [1.54, 1.807) is 0 Å². The molecule has 0 aromatic heterocycles. The highest BCUT2D eigenvalue weighted by Crippen LogP contribution is 2.35. The van der Waals surface area contributed by atoms with Crippen LogP contribution in [-0.4, -0.2) is 25.0 Å². The fraction of sp³-hybridized carbons (Fsp3) is 0.600. The number of ether oxygens (including phenoxy) is 2. The van der Waals surface area contributed by atoms with Crippen LogP contribution >= 0.6 is 15.9 Å². The Morgan fingerprint density at radius 3 is 3.00 bits per heavy atom. The third kappa shape index (κ3) is 2.87. The monoisotopic (exact) mass is 325 g/mol. The van der Waals surface area contributed by atoms with Crippen LogP contribution in [-0.2, 0) is 15.9 Å². The minimum Gasteiger partial charge on any atom is -0.348 e. The summed E-state index contributed by atoms with van der Waals surface area (Å²) in [6.07, 6.45) is 2.46. The van der Waals surface area contributed by atoms with E-state index in [4.69, 9.17) is 9.47 Å². The van der Waals surface area contributed by atoms with Gasteiger partial charge in [-0.05, 0) is 43.9 Å². The molecule has 3 nitrogen and oxygen atoms in total. The number of benzene rings is 1. The van der Waals surface area contributed by atoms with Crippen molar-refractivity contribution in [3.63, 3.8) is 0 Å². The van der Waals surface area contributed by atoms with Gasteiger partial charge in [-0.25, -0.2) is 0 Å². The normalized spacial score (nSPS) is 28.6. The van der Waals surface area contributed by atoms with Gasteiger partial charge in [0.05, 0.1) is 12.7 Å². The number of hydrogen-bond donors (Lipinski definition) is 1. The predicted molar refractivity (Wildman–Crippen MR) is 78.1 cm³/mol. The lowest BCUT2D eigenvalue weighted by Gasteiger charge is -2.19. The van der Waals surface area contributed by atoms with E-state index >= 15 is 0 Å². The van der Waals surface area contributed by atoms with Gasteiger partial charge in [-0.2, -0.15) is 0 Å². The van der Waals surface area contributed by atoms with Crippen LogP contribution in [0.1, 0.15) is 37.4 Å². The zero-order valence-corrected chi connectivity index (χ0v) is 13.0. The van der Waals surface area contributed by atoms with Crippen molar-refractivity contribution in [2.24, 2.45) is 0 Å². The molecule has 1 aliphatic carbocycles. The highest BCUT2D eigenvalue weighted by Gasteiger charge is 2.33. The highest BCUT2D eigenvalue weighted by atomic mass is 79.9. The smallest absolute Gasteiger partial charge is 0.163 e. The fourth-order valence-electron chi connectivity index (χ4n) is 2.96. The second kappa shape index (κ2) is 5.17. The molecule has 1 aromatic rings. The van der Waals surface area contributed by atoms with E-state index in [1.807, 2.05) is 13.8 Å². The molecule has 0 amide bonds. The van der Waals surface area contributed by atoms with Gasteiger partial charge in [0.1, 0.15) is 0 Å². The Bertz CT molecular complexity index is 475. The van der Waals surface area contributed by atoms with Crippen molar-refractivity contribution in [3.05, 3.63) is 33.8 Å². The number of halogens is 1. The highest BCUT2D eigenvalue weighted by molar-refractivity contribution is 9.10. The van der Waals surface area contributed by atoms with E-state index in [1.165, 1.54) is 15.6 Å². The minimum atomic E-state index is -0.428. The van der Waals surface area contributed by atoms with Gasteiger partial charge in [0.2, 0.25) is 0 Å². The molecule has 1 fully saturated rings. The summed E-state index contributed by atoms with van der Waals surface area (Å²) < 4.78 is 12.6. The van der Waals surface area contributed by atoms with Crippen molar-refractivity contribution < 1.29 is 9.47 Å². The Morgan fingerprint density at radius 2 is 2.26 bits per heavy atom. The number of fused-ring (bicyclic) bond motifs is 1. The lowest BCUT2D eigenvalue weighted by atomic mass is 10.1. The summed E-state index contributed by atoms with van der Waals surface area (Å²) in [7, 11) is 0. The van der Waals surface area contributed by atoms with E-state index in [-0.39, 0.29) is 6.10 Å². The molecule has 1 heterocycles. The average Bonchev–Trinajstić information content (AvgIpc) is 2.91. The van der Waals surface area contributed by atoms with Crippen molar-refractivity contribution >= 4 is 15.9 Å². The molecule has 1 N–H and O–H groups in total. The van der Waals surface area contributed by atoms with Gasteiger partial charge in [0.15, 0.2) is 5.79 Å². The quantitative estimate of drug-likeness (QED) is 0.925. The van der Waals surface area contributed by atoms with E-state index in [9.17, 15) is 0 Å². The molecule has 1 aliphatic heterocycles. The first-order valence-electron chi connectivity index (χ1n) is 6.87. The van der Waals surface area contributed by atoms with Crippen LogP contribution in [0.2, 0.25) is 0 Å². The molecular weight excluding hydrogens is 306 g/mol. The van der Waals surface area contributed by atoms with Gasteiger partial charge in [0, 0.05) is 17.1 Å². The summed E-state index contributed by atoms with van der Waals surface area (Å²) in [5.41, 5.74) is 2.87. The summed E-state index contributed by atoms with van der Waals surface area (Å²) in [6.45, 7) is 5.46. The number of rotatable bonds is 3. The van der Waals surface area contributed by atoms with Crippen LogP contribution in [0.4, 0.5) is 0 Å². The standard InChI is InChI=1S/C15H20BrNO2/c1-15(2)18-9-10(19-15)8-17-14-7-6-11-12(14)4-3-5-13(11)16/h3-5,10,14,17H,6-9H2,1-2H3. The third-order valence-electron chi connectivity index (χ3n) is 3.87. The van der Waals surface area contributed by atoms with Crippen molar-refractivity contribution in [1.29, 1.82) is 0 Å². The Kier molecular flexibility index (Phi) is 3.69. The maximum atomic E-state index is 5.83. The number of hydrogen-bond acceptors (Lipinski definition) is 3. The lowest BCUT2D eigenvalue weighted by Crippen LogP contribution is -2.32. The molecular formula is C15H20BrNO2. The van der Waals surface area contributed by atoms with Gasteiger partial charge < -0.3 is 14.8 Å². The second-order valence-electron chi connectivity index (χ2n) is 5.76. The lowest BCUT2D eigenvalue weighted by molar-refractivity contribution is -0.137. The van der Waals surface area contributed by atoms with Crippen LogP contribution in [0.15, 0.2) is 22.7 Å². The maximum absolute atomic E-state index is 5.83. The predicted octanol–water partition coefficient (Wildman–Crippen LogP) is 3.18. The zero-order valence-electron chi connectivity index (χ0n) is 11.4. The topological polar surface area (TPSA) is 30.5 Å². The molecule has 2 atom stereocenters. The molecule has 0 bridgehead atoms. The van der Waals surface area contributed by atoms with Crippen LogP contribution in [0.3, 0.4) is 0 Å². The zero-order chi connectivity index (χ0) is 13.5. The van der Waals surface area contributed by atoms with Gasteiger partial charge >= 0.3 is 0 Å². The largest absolute Gasteiger partial charge is 0.348 e. The maximum Gasteiger partial charge on any atom is 0.163 e. The van der Waals surface area contributed by atoms with E-state index < -0.39 is 5.79 Å². The van der Waals surface area contributed by atoms with Gasteiger partial charge in [-0.1, -0.05) is 28.1 Å². The molecule has 1 saturated heterocycles. The first-order chi connectivity index (χ1) is 9.05. The third-order valence-corrected chi connectivity index (χ3v) is 4.62. The van der Waals surface area contributed by atoms with Gasteiger partial charge in [-0.15, -0.1) is 0 Å². The van der Waals surface area contributed by atoms with Crippen molar-refractivity contribution in [2.45, 2.75) is 44.6 Å². The van der Waals surface area contributed by atoms with Gasteiger partial charge in [0.25, 0.3) is 0 Å². The van der Waals surface area contributed by atoms with E-state index in [2.05, 4.69) is 39.4 Å². The van der Waals surface area contributed by atoms with Crippen molar-refractivity contribution in [2.75, 3.05) is 13.2 Å². The molecule has 3 rings (SSSR count). The summed E-state index contributed by atoms with van der Waals surface area (Å²) in [6, 6.07) is 6.90. The first-order valence-corrected chi connectivity index (χ1v) is 7.67. The molecule has 1 aromatic carbocycles. The Labute approximate surface area is 122 Å². The summed E-state index contributed by atoms with van der Waals surface area (Å²) >= 11 is 3.63. The van der Waals surface area contributed by atoms with E-state index in [0.717, 1.165) is 19.4 Å². The summed E-state index contributed by atoms with van der Waals surface area (Å²) in [5, 5.41) is 3.62. The van der Waals surface area contributed by atoms with Crippen LogP contribution in [0, 0.1) is 0 Å². The van der Waals surface area contributed by atoms with Crippen LogP contribution < -0.4 is 5.32 Å². The Balaban J connectivity index is 1.60. The summed E-state index contributed by atoms with van der Waals surface area (Å²) in [4.78, 5) is 0. The minimum absolute atomic E-state index is 0.159. The molecule has 0 saturated carbocycles. The summed E-state index contributed by atoms with van der Waals surface area (Å²) in [5.74, 6) is -0.428. The van der Waals surface area contributed by atoms with Crippen LogP contribution in [0.5, 0.6) is 0 Å². The molecule has 0 radical (unpaired) electrons. The molecule has 19 heavy (non-hydrogen) atoms. The van der Waals surface area contributed by atoms with Gasteiger partial charge in [-0.3, -0.25) is 0 Å².